The van der Waals surface area contributed by atoms with E-state index in [1.54, 1.807) is 16.5 Å². The number of aromatic nitrogens is 4. The number of imidazole rings is 1. The zero-order chi connectivity index (χ0) is 34.2. The Kier molecular flexibility index (Phi) is 10.3. The molecule has 4 aliphatic heterocycles. The number of nitrogens with zero attached hydrogens (tertiary/aromatic N) is 9. The van der Waals surface area contributed by atoms with Crippen LogP contribution in [0.2, 0.25) is 0 Å². The number of rotatable bonds is 14. The average molecular weight is 695 g/mol. The molecule has 264 valence electrons. The molecular formula is C27H43N12O8P. The van der Waals surface area contributed by atoms with Crippen molar-refractivity contribution < 1.29 is 38.1 Å². The number of nitrogens with two attached hydrogens (primary N) is 2. The van der Waals surface area contributed by atoms with Crippen molar-refractivity contribution >= 4 is 42.9 Å². The number of nitrogen functional groups attached to an aromatic ring is 1. The van der Waals surface area contributed by atoms with E-state index in [0.717, 1.165) is 13.1 Å². The molecule has 2 fully saturated rings. The van der Waals surface area contributed by atoms with E-state index in [0.29, 0.717) is 24.3 Å². The average Bonchev–Trinajstić information content (AvgIpc) is 3.85. The molecular weight excluding hydrogens is 651 g/mol. The third kappa shape index (κ3) is 6.76. The number of likely N-dealkylation sites (N-methyl/N-ethyl adjacent to an activating group) is 2. The lowest BCUT2D eigenvalue weighted by molar-refractivity contribution is -0.123. The fourth-order valence-electron chi connectivity index (χ4n) is 6.19. The minimum absolute atomic E-state index is 0.0287. The lowest BCUT2D eigenvalue weighted by Gasteiger charge is -2.33. The maximum absolute atomic E-state index is 14.7. The topological polar surface area (TPSA) is 254 Å². The van der Waals surface area contributed by atoms with Crippen LogP contribution in [-0.2, 0) is 27.9 Å². The van der Waals surface area contributed by atoms with E-state index < -0.39 is 63.4 Å². The van der Waals surface area contributed by atoms with Gasteiger partial charge in [0.05, 0.1) is 32.0 Å². The maximum Gasteiger partial charge on any atom is 0.408 e. The van der Waals surface area contributed by atoms with Crippen molar-refractivity contribution in [3.8, 4) is 0 Å². The van der Waals surface area contributed by atoms with Crippen LogP contribution in [0.25, 0.3) is 11.2 Å². The highest BCUT2D eigenvalue weighted by atomic mass is 31.2. The van der Waals surface area contributed by atoms with Gasteiger partial charge < -0.3 is 41.0 Å². The van der Waals surface area contributed by atoms with Crippen molar-refractivity contribution in [2.45, 2.75) is 75.8 Å². The van der Waals surface area contributed by atoms with Gasteiger partial charge in [-0.05, 0) is 20.1 Å². The van der Waals surface area contributed by atoms with Gasteiger partial charge >= 0.3 is 7.75 Å². The summed E-state index contributed by atoms with van der Waals surface area (Å²) in [6, 6.07) is -0.788. The Labute approximate surface area is 276 Å². The molecule has 6 rings (SSSR count). The van der Waals surface area contributed by atoms with Crippen molar-refractivity contribution in [2.75, 3.05) is 52.2 Å². The second-order valence-corrected chi connectivity index (χ2v) is 14.0. The summed E-state index contributed by atoms with van der Waals surface area (Å²) in [5.41, 5.74) is 12.6. The number of aliphatic hydroxyl groups is 2. The van der Waals surface area contributed by atoms with Gasteiger partial charge in [-0.2, -0.15) is 0 Å². The molecule has 0 aliphatic carbocycles. The Morgan fingerprint density at radius 2 is 1.90 bits per heavy atom. The minimum atomic E-state index is -4.09. The highest BCUT2D eigenvalue weighted by Gasteiger charge is 2.48. The maximum atomic E-state index is 14.7. The largest absolute Gasteiger partial charge is 0.408 e. The zero-order valence-corrected chi connectivity index (χ0v) is 27.9. The number of carbonyl (C=O) groups excluding carboxylic acids is 1. The van der Waals surface area contributed by atoms with E-state index >= 15 is 0 Å². The Hall–Kier alpha value is -3.33. The Morgan fingerprint density at radius 3 is 2.65 bits per heavy atom. The molecule has 7 N–H and O–H groups in total. The van der Waals surface area contributed by atoms with Crippen LogP contribution >= 0.6 is 7.75 Å². The van der Waals surface area contributed by atoms with Crippen LogP contribution in [0.1, 0.15) is 32.9 Å². The highest BCUT2D eigenvalue weighted by molar-refractivity contribution is 7.51. The van der Waals surface area contributed by atoms with Crippen molar-refractivity contribution in [3.63, 3.8) is 0 Å². The third-order valence-electron chi connectivity index (χ3n) is 9.06. The minimum Gasteiger partial charge on any atom is -0.394 e. The quantitative estimate of drug-likeness (QED) is 0.140. The monoisotopic (exact) mass is 694 g/mol. The first-order valence-electron chi connectivity index (χ1n) is 15.9. The van der Waals surface area contributed by atoms with Gasteiger partial charge in [0.15, 0.2) is 29.6 Å². The summed E-state index contributed by atoms with van der Waals surface area (Å²) in [4.78, 5) is 37.2. The number of fused-ring (bicyclic) bond motifs is 2. The lowest BCUT2D eigenvalue weighted by atomic mass is 10.1. The van der Waals surface area contributed by atoms with Crippen molar-refractivity contribution in [1.82, 2.24) is 39.3 Å². The molecule has 21 heteroatoms. The number of nitrogens with one attached hydrogen (secondary N) is 1. The molecule has 0 bridgehead atoms. The Morgan fingerprint density at radius 1 is 1.12 bits per heavy atom. The van der Waals surface area contributed by atoms with Gasteiger partial charge in [-0.25, -0.2) is 29.2 Å². The van der Waals surface area contributed by atoms with Crippen molar-refractivity contribution in [2.24, 2.45) is 15.7 Å². The Balaban J connectivity index is 1.17. The van der Waals surface area contributed by atoms with Gasteiger partial charge in [0, 0.05) is 25.9 Å². The molecule has 0 radical (unpaired) electrons. The number of carbonyl (C=O) groups is 1. The van der Waals surface area contributed by atoms with E-state index in [2.05, 4.69) is 35.2 Å². The molecule has 0 aromatic carbocycles. The van der Waals surface area contributed by atoms with Gasteiger partial charge in [-0.1, -0.05) is 13.8 Å². The number of aliphatic imine (C=N–C) groups is 2. The summed E-state index contributed by atoms with van der Waals surface area (Å²) < 4.78 is 42.4. The summed E-state index contributed by atoms with van der Waals surface area (Å²) >= 11 is 0. The summed E-state index contributed by atoms with van der Waals surface area (Å²) in [6.45, 7) is 5.93. The Bertz CT molecular complexity index is 1570. The van der Waals surface area contributed by atoms with Gasteiger partial charge in [-0.3, -0.25) is 28.7 Å². The molecule has 4 aliphatic rings. The second-order valence-electron chi connectivity index (χ2n) is 12.0. The van der Waals surface area contributed by atoms with Gasteiger partial charge in [-0.15, -0.1) is 0 Å². The molecule has 0 saturated carbocycles. The van der Waals surface area contributed by atoms with Crippen LogP contribution in [0.5, 0.6) is 0 Å². The van der Waals surface area contributed by atoms with Crippen LogP contribution < -0.4 is 16.8 Å². The van der Waals surface area contributed by atoms with Gasteiger partial charge in [0.25, 0.3) is 5.91 Å². The normalized spacial score (nSPS) is 31.5. The van der Waals surface area contributed by atoms with Crippen LogP contribution in [0, 0.1) is 0 Å². The highest BCUT2D eigenvalue weighted by Crippen LogP contribution is 2.55. The molecule has 2 aromatic heterocycles. The zero-order valence-electron chi connectivity index (χ0n) is 27.0. The fourth-order valence-corrected chi connectivity index (χ4v) is 7.84. The van der Waals surface area contributed by atoms with E-state index in [9.17, 15) is 19.6 Å². The SMILES string of the molecule is CCN(CC)CCN(C)P(=O)(OC[C@H]1O[C@@H](N2C=NC3C(=O)NC(N)=NC32)C[C@H]1O)O[C@@H]1C[C@H](n2cnc3c(N)ncnc32)O[C@@H]1CO. The van der Waals surface area contributed by atoms with Crippen molar-refractivity contribution in [3.05, 3.63) is 12.7 Å². The number of ether oxygens (including phenoxy) is 2. The molecule has 2 aromatic rings. The molecule has 3 unspecified atom stereocenters. The van der Waals surface area contributed by atoms with E-state index in [1.807, 2.05) is 13.8 Å². The van der Waals surface area contributed by atoms with Crippen molar-refractivity contribution in [1.29, 1.82) is 0 Å². The number of aliphatic hydroxyl groups excluding tert-OH is 2. The molecule has 20 nitrogen and oxygen atoms in total. The first kappa shape index (κ1) is 34.5. The number of amides is 1. The van der Waals surface area contributed by atoms with Crippen LogP contribution in [-0.4, -0.2) is 152 Å². The summed E-state index contributed by atoms with van der Waals surface area (Å²) in [6.07, 6.45) is -1.00. The number of anilines is 1. The molecule has 2 saturated heterocycles. The predicted octanol–water partition coefficient (Wildman–Crippen LogP) is -1.57. The van der Waals surface area contributed by atoms with Crippen LogP contribution in [0.4, 0.5) is 5.82 Å². The third-order valence-corrected chi connectivity index (χ3v) is 11.1. The summed E-state index contributed by atoms with van der Waals surface area (Å²) in [7, 11) is -2.45. The number of hydrogen-bond donors (Lipinski definition) is 5. The number of guanidine groups is 1. The van der Waals surface area contributed by atoms with Gasteiger partial charge in [0.2, 0.25) is 0 Å². The van der Waals surface area contributed by atoms with Crippen LogP contribution in [0.15, 0.2) is 22.6 Å². The lowest BCUT2D eigenvalue weighted by Crippen LogP contribution is -2.55. The van der Waals surface area contributed by atoms with Crippen LogP contribution in [0.3, 0.4) is 0 Å². The summed E-state index contributed by atoms with van der Waals surface area (Å²) in [5.74, 6) is -0.195. The smallest absolute Gasteiger partial charge is 0.394 e. The molecule has 6 heterocycles. The van der Waals surface area contributed by atoms with E-state index in [-0.39, 0.29) is 37.1 Å². The molecule has 9 atom stereocenters. The number of hydrogen-bond acceptors (Lipinski definition) is 17. The summed E-state index contributed by atoms with van der Waals surface area (Å²) in [5, 5.41) is 23.6. The first-order valence-corrected chi connectivity index (χ1v) is 17.4. The standard InChI is InChI=1S/C27H43N12O8P/c1-4-37(5-2)7-6-36(3)48(43,47-16-9-20(45-17(16)10-40)38-13-32-21-23(28)30-12-31-24(21)38)44-11-18-15(41)8-19(46-18)39-14-33-22-25(39)34-27(29)35-26(22)42/h12-20,22,25,40-41H,4-11H2,1-3H3,(H2,28,30,31)(H3,29,34,35,42)/t15-,16-,17-,18-,19-,20-,22?,25?,48?/m1/s1. The molecule has 1 amide bonds. The van der Waals surface area contributed by atoms with Gasteiger partial charge in [0.1, 0.15) is 42.6 Å². The first-order chi connectivity index (χ1) is 23.0. The molecule has 48 heavy (non-hydrogen) atoms. The predicted molar refractivity (Wildman–Crippen MR) is 171 cm³/mol. The molecule has 0 spiro atoms. The fraction of sp³-hybridized carbons (Fsp3) is 0.704. The van der Waals surface area contributed by atoms with E-state index in [1.165, 1.54) is 23.7 Å². The van der Waals surface area contributed by atoms with E-state index in [4.69, 9.17) is 30.0 Å². The second kappa shape index (κ2) is 14.3.